The molecule has 0 aliphatic carbocycles. The predicted octanol–water partition coefficient (Wildman–Crippen LogP) is 4.22. The molecule has 2 aromatic rings. The van der Waals surface area contributed by atoms with Gasteiger partial charge >= 0.3 is 0 Å². The van der Waals surface area contributed by atoms with Crippen molar-refractivity contribution < 1.29 is 13.5 Å². The number of halogens is 3. The minimum Gasteiger partial charge on any atom is -0.488 e. The van der Waals surface area contributed by atoms with Crippen LogP contribution in [0.25, 0.3) is 0 Å². The Morgan fingerprint density at radius 3 is 2.65 bits per heavy atom. The second-order valence-corrected chi connectivity index (χ2v) is 4.93. The lowest BCUT2D eigenvalue weighted by Gasteiger charge is -2.14. The first-order valence-corrected chi connectivity index (χ1v) is 6.47. The lowest BCUT2D eigenvalue weighted by molar-refractivity contribution is 0.294. The lowest BCUT2D eigenvalue weighted by Crippen LogP contribution is -2.08. The van der Waals surface area contributed by atoms with Gasteiger partial charge in [0.15, 0.2) is 0 Å². The third kappa shape index (κ3) is 3.46. The van der Waals surface area contributed by atoms with Crippen LogP contribution in [0.4, 0.5) is 8.78 Å². The summed E-state index contributed by atoms with van der Waals surface area (Å²) in [6, 6.07) is 7.99. The zero-order valence-corrected chi connectivity index (χ0v) is 11.6. The molecular weight excluding hydrogens is 284 g/mol. The van der Waals surface area contributed by atoms with Crippen LogP contribution in [0.15, 0.2) is 36.4 Å². The molecule has 0 bridgehead atoms. The van der Waals surface area contributed by atoms with Gasteiger partial charge in [0.25, 0.3) is 0 Å². The Hall–Kier alpha value is -1.65. The highest BCUT2D eigenvalue weighted by atomic mass is 35.5. The minimum atomic E-state index is -0.511. The second-order valence-electron chi connectivity index (χ2n) is 4.50. The van der Waals surface area contributed by atoms with E-state index in [4.69, 9.17) is 22.1 Å². The van der Waals surface area contributed by atoms with E-state index >= 15 is 0 Å². The van der Waals surface area contributed by atoms with Crippen molar-refractivity contribution in [3.05, 3.63) is 64.2 Å². The van der Waals surface area contributed by atoms with Gasteiger partial charge < -0.3 is 10.5 Å². The molecule has 0 radical (unpaired) electrons. The quantitative estimate of drug-likeness (QED) is 0.917. The Morgan fingerprint density at radius 1 is 1.20 bits per heavy atom. The summed E-state index contributed by atoms with van der Waals surface area (Å²) in [5.74, 6) is -0.510. The molecule has 0 fully saturated rings. The zero-order chi connectivity index (χ0) is 14.7. The largest absolute Gasteiger partial charge is 0.488 e. The maximum Gasteiger partial charge on any atom is 0.130 e. The normalized spacial score (nSPS) is 12.2. The predicted molar refractivity (Wildman–Crippen MR) is 74.7 cm³/mol. The summed E-state index contributed by atoms with van der Waals surface area (Å²) >= 11 is 5.90. The molecule has 1 atom stereocenters. The summed E-state index contributed by atoms with van der Waals surface area (Å²) in [6.07, 6.45) is 0. The van der Waals surface area contributed by atoms with Crippen LogP contribution < -0.4 is 10.5 Å². The first kappa shape index (κ1) is 14.8. The van der Waals surface area contributed by atoms with Crippen molar-refractivity contribution in [2.24, 2.45) is 5.73 Å². The van der Waals surface area contributed by atoms with Gasteiger partial charge in [-0.15, -0.1) is 0 Å². The van der Waals surface area contributed by atoms with Gasteiger partial charge in [0.2, 0.25) is 0 Å². The Kier molecular flexibility index (Phi) is 4.57. The number of hydrogen-bond donors (Lipinski definition) is 1. The van der Waals surface area contributed by atoms with E-state index in [0.29, 0.717) is 16.3 Å². The van der Waals surface area contributed by atoms with Crippen LogP contribution in [0.1, 0.15) is 24.1 Å². The molecule has 0 amide bonds. The molecular formula is C15H14ClF2NO. The number of ether oxygens (including phenoxy) is 1. The summed E-state index contributed by atoms with van der Waals surface area (Å²) in [5, 5.41) is 0.543. The molecule has 20 heavy (non-hydrogen) atoms. The SMILES string of the molecule is C[C@H](N)c1cc(Cl)ccc1OCc1cc(F)ccc1F. The van der Waals surface area contributed by atoms with Crippen molar-refractivity contribution in [3.63, 3.8) is 0 Å². The highest BCUT2D eigenvalue weighted by molar-refractivity contribution is 6.30. The second kappa shape index (κ2) is 6.20. The Morgan fingerprint density at radius 2 is 1.95 bits per heavy atom. The lowest BCUT2D eigenvalue weighted by atomic mass is 10.1. The molecule has 0 aliphatic heterocycles. The van der Waals surface area contributed by atoms with E-state index in [-0.39, 0.29) is 18.2 Å². The summed E-state index contributed by atoms with van der Waals surface area (Å²) in [5.41, 5.74) is 6.70. The standard InChI is InChI=1S/C15H14ClF2NO/c1-9(19)13-7-11(16)2-5-15(13)20-8-10-6-12(17)3-4-14(10)18/h2-7,9H,8,19H2,1H3/t9-/m0/s1. The Balaban J connectivity index is 2.20. The third-order valence-electron chi connectivity index (χ3n) is 2.85. The van der Waals surface area contributed by atoms with Crippen molar-refractivity contribution in [1.29, 1.82) is 0 Å². The molecule has 2 N–H and O–H groups in total. The van der Waals surface area contributed by atoms with Crippen LogP contribution in [0.5, 0.6) is 5.75 Å². The molecule has 0 aromatic heterocycles. The zero-order valence-electron chi connectivity index (χ0n) is 10.9. The average Bonchev–Trinajstić information content (AvgIpc) is 2.40. The Bertz CT molecular complexity index is 617. The molecule has 0 unspecified atom stereocenters. The first-order chi connectivity index (χ1) is 9.47. The van der Waals surface area contributed by atoms with Gasteiger partial charge in [-0.25, -0.2) is 8.78 Å². The van der Waals surface area contributed by atoms with Crippen LogP contribution >= 0.6 is 11.6 Å². The first-order valence-electron chi connectivity index (χ1n) is 6.09. The van der Waals surface area contributed by atoms with E-state index < -0.39 is 11.6 Å². The highest BCUT2D eigenvalue weighted by Crippen LogP contribution is 2.28. The molecule has 5 heteroatoms. The fraction of sp³-hybridized carbons (Fsp3) is 0.200. The molecule has 0 saturated heterocycles. The van der Waals surface area contributed by atoms with Crippen molar-refractivity contribution >= 4 is 11.6 Å². The van der Waals surface area contributed by atoms with E-state index in [9.17, 15) is 8.78 Å². The maximum atomic E-state index is 13.5. The molecule has 0 spiro atoms. The van der Waals surface area contributed by atoms with Crippen molar-refractivity contribution in [2.75, 3.05) is 0 Å². The number of hydrogen-bond acceptors (Lipinski definition) is 2. The van der Waals surface area contributed by atoms with Crippen molar-refractivity contribution in [1.82, 2.24) is 0 Å². The van der Waals surface area contributed by atoms with E-state index in [0.717, 1.165) is 18.2 Å². The van der Waals surface area contributed by atoms with Crippen LogP contribution in [0.3, 0.4) is 0 Å². The maximum absolute atomic E-state index is 13.5. The van der Waals surface area contributed by atoms with Crippen LogP contribution in [0.2, 0.25) is 5.02 Å². The van der Waals surface area contributed by atoms with Gasteiger partial charge in [0.05, 0.1) is 0 Å². The molecule has 0 saturated carbocycles. The van der Waals surface area contributed by atoms with E-state index in [1.165, 1.54) is 0 Å². The molecule has 2 rings (SSSR count). The topological polar surface area (TPSA) is 35.2 Å². The fourth-order valence-corrected chi connectivity index (χ4v) is 2.00. The summed E-state index contributed by atoms with van der Waals surface area (Å²) in [7, 11) is 0. The van der Waals surface area contributed by atoms with Crippen LogP contribution in [-0.4, -0.2) is 0 Å². The molecule has 0 aliphatic rings. The van der Waals surface area contributed by atoms with Crippen molar-refractivity contribution in [2.45, 2.75) is 19.6 Å². The van der Waals surface area contributed by atoms with Gasteiger partial charge in [-0.05, 0) is 43.3 Å². The van der Waals surface area contributed by atoms with Gasteiger partial charge in [0, 0.05) is 22.2 Å². The number of nitrogens with two attached hydrogens (primary N) is 1. The summed E-state index contributed by atoms with van der Waals surface area (Å²) in [4.78, 5) is 0. The smallest absolute Gasteiger partial charge is 0.130 e. The summed E-state index contributed by atoms with van der Waals surface area (Å²) < 4.78 is 32.1. The molecule has 0 heterocycles. The molecule has 2 nitrogen and oxygen atoms in total. The Labute approximate surface area is 121 Å². The van der Waals surface area contributed by atoms with Gasteiger partial charge in [-0.1, -0.05) is 11.6 Å². The third-order valence-corrected chi connectivity index (χ3v) is 3.09. The molecule has 106 valence electrons. The van der Waals surface area contributed by atoms with Gasteiger partial charge in [0.1, 0.15) is 24.0 Å². The monoisotopic (exact) mass is 297 g/mol. The molecule has 2 aromatic carbocycles. The highest BCUT2D eigenvalue weighted by Gasteiger charge is 2.11. The van der Waals surface area contributed by atoms with E-state index in [1.54, 1.807) is 25.1 Å². The summed E-state index contributed by atoms with van der Waals surface area (Å²) in [6.45, 7) is 1.71. The fourth-order valence-electron chi connectivity index (χ4n) is 1.82. The van der Waals surface area contributed by atoms with Crippen molar-refractivity contribution in [3.8, 4) is 5.75 Å². The average molecular weight is 298 g/mol. The van der Waals surface area contributed by atoms with Crippen LogP contribution in [-0.2, 0) is 6.61 Å². The van der Waals surface area contributed by atoms with Gasteiger partial charge in [-0.3, -0.25) is 0 Å². The van der Waals surface area contributed by atoms with E-state index in [1.807, 2.05) is 0 Å². The van der Waals surface area contributed by atoms with E-state index in [2.05, 4.69) is 0 Å². The number of benzene rings is 2. The van der Waals surface area contributed by atoms with Crippen LogP contribution in [0, 0.1) is 11.6 Å². The minimum absolute atomic E-state index is 0.0784. The van der Waals surface area contributed by atoms with Gasteiger partial charge in [-0.2, -0.15) is 0 Å². The number of rotatable bonds is 4.